The lowest BCUT2D eigenvalue weighted by atomic mass is 10.2. The quantitative estimate of drug-likeness (QED) is 0.401. The summed E-state index contributed by atoms with van der Waals surface area (Å²) in [5.74, 6) is 0.125. The first-order valence-corrected chi connectivity index (χ1v) is 7.25. The minimum absolute atomic E-state index is 0.116. The molecule has 0 aromatic heterocycles. The Morgan fingerprint density at radius 2 is 1.76 bits per heavy atom. The smallest absolute Gasteiger partial charge is 0.339 e. The maximum atomic E-state index is 12.1. The Hall–Kier alpha value is -2.61. The molecule has 0 spiro atoms. The van der Waals surface area contributed by atoms with Gasteiger partial charge in [-0.05, 0) is 31.2 Å². The van der Waals surface area contributed by atoms with Gasteiger partial charge in [0.15, 0.2) is 0 Å². The summed E-state index contributed by atoms with van der Waals surface area (Å²) in [6.07, 6.45) is 0. The number of nitrogens with zero attached hydrogens (tertiary/aromatic N) is 1. The Balaban J connectivity index is 2.38. The van der Waals surface area contributed by atoms with E-state index in [1.54, 1.807) is 12.1 Å². The maximum Gasteiger partial charge on any atom is 0.339 e. The molecular weight excluding hydrogens is 296 g/mol. The van der Waals surface area contributed by atoms with E-state index >= 15 is 0 Å². The van der Waals surface area contributed by atoms with Crippen molar-refractivity contribution in [1.82, 2.24) is 0 Å². The van der Waals surface area contributed by atoms with Crippen molar-refractivity contribution in [2.45, 2.75) is 11.8 Å². The first-order chi connectivity index (χ1) is 9.79. The summed E-state index contributed by atoms with van der Waals surface area (Å²) in [6.45, 7) is 1.85. The van der Waals surface area contributed by atoms with E-state index in [1.165, 1.54) is 12.1 Å². The second-order valence-corrected chi connectivity index (χ2v) is 5.87. The lowest BCUT2D eigenvalue weighted by Gasteiger charge is -2.07. The van der Waals surface area contributed by atoms with Crippen molar-refractivity contribution < 1.29 is 17.5 Å². The van der Waals surface area contributed by atoms with Crippen molar-refractivity contribution in [1.29, 1.82) is 0 Å². The van der Waals surface area contributed by atoms with Crippen LogP contribution >= 0.6 is 0 Å². The molecular formula is C13H12N2O5S. The average Bonchev–Trinajstić information content (AvgIpc) is 2.41. The predicted molar refractivity (Wildman–Crippen MR) is 76.5 cm³/mol. The van der Waals surface area contributed by atoms with Gasteiger partial charge in [0.1, 0.15) is 16.3 Å². The molecule has 0 saturated heterocycles. The fraction of sp³-hybridized carbons (Fsp3) is 0.0769. The lowest BCUT2D eigenvalue weighted by Crippen LogP contribution is -2.10. The second kappa shape index (κ2) is 5.41. The van der Waals surface area contributed by atoms with Gasteiger partial charge in [-0.3, -0.25) is 10.1 Å². The van der Waals surface area contributed by atoms with Crippen LogP contribution in [-0.4, -0.2) is 13.3 Å². The SMILES string of the molecule is Cc1ccc(OS(=O)(=O)c2ccc(N)c([N+](=O)[O-])c2)cc1. The predicted octanol–water partition coefficient (Wildman–Crippen LogP) is 2.25. The molecule has 0 aliphatic rings. The number of nitrogens with two attached hydrogens (primary N) is 1. The van der Waals surface area contributed by atoms with E-state index in [4.69, 9.17) is 9.92 Å². The molecule has 2 N–H and O–H groups in total. The van der Waals surface area contributed by atoms with Crippen LogP contribution < -0.4 is 9.92 Å². The number of aryl methyl sites for hydroxylation is 1. The van der Waals surface area contributed by atoms with Crippen molar-refractivity contribution in [3.63, 3.8) is 0 Å². The van der Waals surface area contributed by atoms with Gasteiger partial charge in [-0.1, -0.05) is 17.7 Å². The van der Waals surface area contributed by atoms with E-state index in [-0.39, 0.29) is 16.3 Å². The zero-order chi connectivity index (χ0) is 15.6. The largest absolute Gasteiger partial charge is 0.393 e. The molecule has 0 aliphatic heterocycles. The molecule has 0 unspecified atom stereocenters. The summed E-state index contributed by atoms with van der Waals surface area (Å²) in [5.41, 5.74) is 5.77. The summed E-state index contributed by atoms with van der Waals surface area (Å²) >= 11 is 0. The van der Waals surface area contributed by atoms with Gasteiger partial charge in [-0.15, -0.1) is 0 Å². The highest BCUT2D eigenvalue weighted by Crippen LogP contribution is 2.26. The van der Waals surface area contributed by atoms with Crippen LogP contribution in [0.4, 0.5) is 11.4 Å². The van der Waals surface area contributed by atoms with E-state index in [1.807, 2.05) is 6.92 Å². The Morgan fingerprint density at radius 3 is 2.33 bits per heavy atom. The molecule has 2 aromatic carbocycles. The first-order valence-electron chi connectivity index (χ1n) is 5.85. The third kappa shape index (κ3) is 3.29. The molecule has 2 aromatic rings. The standard InChI is InChI=1S/C13H12N2O5S/c1-9-2-4-10(5-3-9)20-21(18,19)11-6-7-12(14)13(8-11)15(16)17/h2-8H,14H2,1H3. The van der Waals surface area contributed by atoms with Crippen molar-refractivity contribution in [2.75, 3.05) is 5.73 Å². The van der Waals surface area contributed by atoms with Crippen molar-refractivity contribution in [2.24, 2.45) is 0 Å². The summed E-state index contributed by atoms with van der Waals surface area (Å²) in [6, 6.07) is 9.57. The lowest BCUT2D eigenvalue weighted by molar-refractivity contribution is -0.384. The number of benzene rings is 2. The molecule has 8 heteroatoms. The summed E-state index contributed by atoms with van der Waals surface area (Å²) < 4.78 is 29.1. The number of hydrogen-bond acceptors (Lipinski definition) is 6. The third-order valence-electron chi connectivity index (χ3n) is 2.71. The number of nitro benzene ring substituents is 1. The minimum Gasteiger partial charge on any atom is -0.393 e. The summed E-state index contributed by atoms with van der Waals surface area (Å²) in [4.78, 5) is 9.71. The van der Waals surface area contributed by atoms with Crippen LogP contribution in [0, 0.1) is 17.0 Å². The van der Waals surface area contributed by atoms with E-state index in [0.717, 1.165) is 23.8 Å². The van der Waals surface area contributed by atoms with Crippen LogP contribution in [0.25, 0.3) is 0 Å². The van der Waals surface area contributed by atoms with Gasteiger partial charge < -0.3 is 9.92 Å². The van der Waals surface area contributed by atoms with Crippen LogP contribution in [0.3, 0.4) is 0 Å². The van der Waals surface area contributed by atoms with Gasteiger partial charge in [0.2, 0.25) is 0 Å². The molecule has 0 aliphatic carbocycles. The minimum atomic E-state index is -4.16. The monoisotopic (exact) mass is 308 g/mol. The Kier molecular flexibility index (Phi) is 3.81. The van der Waals surface area contributed by atoms with Gasteiger partial charge in [0.05, 0.1) is 4.92 Å². The normalized spacial score (nSPS) is 11.1. The Morgan fingerprint density at radius 1 is 1.14 bits per heavy atom. The topological polar surface area (TPSA) is 113 Å². The van der Waals surface area contributed by atoms with Gasteiger partial charge in [0.25, 0.3) is 5.69 Å². The fourth-order valence-electron chi connectivity index (χ4n) is 1.61. The van der Waals surface area contributed by atoms with Crippen LogP contribution in [0.1, 0.15) is 5.56 Å². The van der Waals surface area contributed by atoms with Gasteiger partial charge >= 0.3 is 10.1 Å². The molecule has 0 atom stereocenters. The molecule has 0 radical (unpaired) electrons. The molecule has 2 rings (SSSR count). The van der Waals surface area contributed by atoms with E-state index in [9.17, 15) is 18.5 Å². The molecule has 21 heavy (non-hydrogen) atoms. The van der Waals surface area contributed by atoms with Crippen molar-refractivity contribution in [3.8, 4) is 5.75 Å². The van der Waals surface area contributed by atoms with E-state index < -0.39 is 20.7 Å². The highest BCUT2D eigenvalue weighted by molar-refractivity contribution is 7.87. The second-order valence-electron chi connectivity index (χ2n) is 4.33. The molecule has 0 amide bonds. The number of nitrogen functional groups attached to an aromatic ring is 1. The average molecular weight is 308 g/mol. The molecule has 0 heterocycles. The molecule has 0 saturated carbocycles. The zero-order valence-corrected chi connectivity index (χ0v) is 11.8. The highest BCUT2D eigenvalue weighted by Gasteiger charge is 2.22. The van der Waals surface area contributed by atoms with Crippen LogP contribution in [0.15, 0.2) is 47.4 Å². The van der Waals surface area contributed by atoms with Gasteiger partial charge in [0, 0.05) is 6.07 Å². The van der Waals surface area contributed by atoms with Crippen LogP contribution in [0.5, 0.6) is 5.75 Å². The number of nitro groups is 1. The highest BCUT2D eigenvalue weighted by atomic mass is 32.2. The van der Waals surface area contributed by atoms with Crippen LogP contribution in [-0.2, 0) is 10.1 Å². The maximum absolute atomic E-state index is 12.1. The molecule has 110 valence electrons. The fourth-order valence-corrected chi connectivity index (χ4v) is 2.56. The number of anilines is 1. The summed E-state index contributed by atoms with van der Waals surface area (Å²) in [7, 11) is -4.16. The van der Waals surface area contributed by atoms with Crippen LogP contribution in [0.2, 0.25) is 0 Å². The third-order valence-corrected chi connectivity index (χ3v) is 3.96. The van der Waals surface area contributed by atoms with Crippen molar-refractivity contribution >= 4 is 21.5 Å². The summed E-state index contributed by atoms with van der Waals surface area (Å²) in [5, 5.41) is 10.8. The first kappa shape index (κ1) is 14.8. The van der Waals surface area contributed by atoms with E-state index in [2.05, 4.69) is 0 Å². The molecule has 7 nitrogen and oxygen atoms in total. The van der Waals surface area contributed by atoms with E-state index in [0.29, 0.717) is 0 Å². The van der Waals surface area contributed by atoms with Gasteiger partial charge in [-0.25, -0.2) is 0 Å². The Bertz CT molecular complexity index is 785. The Labute approximate surface area is 121 Å². The number of rotatable bonds is 4. The van der Waals surface area contributed by atoms with Crippen molar-refractivity contribution in [3.05, 3.63) is 58.1 Å². The molecule has 0 fully saturated rings. The number of hydrogen-bond donors (Lipinski definition) is 1. The van der Waals surface area contributed by atoms with Gasteiger partial charge in [-0.2, -0.15) is 8.42 Å². The molecule has 0 bridgehead atoms. The zero-order valence-electron chi connectivity index (χ0n) is 11.0.